The Labute approximate surface area is 316 Å². The van der Waals surface area contributed by atoms with E-state index >= 15 is 0 Å². The van der Waals surface area contributed by atoms with E-state index in [-0.39, 0.29) is 0 Å². The highest BCUT2D eigenvalue weighted by Crippen LogP contribution is 2.44. The van der Waals surface area contributed by atoms with E-state index in [4.69, 9.17) is 14.0 Å². The highest BCUT2D eigenvalue weighted by molar-refractivity contribution is 6.77. The van der Waals surface area contributed by atoms with Gasteiger partial charge in [0.1, 0.15) is 0 Å². The molecule has 0 spiro atoms. The molecule has 4 aromatic rings. The van der Waals surface area contributed by atoms with Crippen LogP contribution in [0.15, 0.2) is 72.8 Å². The van der Waals surface area contributed by atoms with E-state index in [0.29, 0.717) is 0 Å². The highest BCUT2D eigenvalue weighted by Gasteiger charge is 2.48. The molecule has 0 saturated carbocycles. The van der Waals surface area contributed by atoms with Gasteiger partial charge in [-0.1, -0.05) is 17.6 Å². The van der Waals surface area contributed by atoms with Crippen LogP contribution in [0.4, 0.5) is 105 Å². The van der Waals surface area contributed by atoms with Gasteiger partial charge in [0, 0.05) is 0 Å². The highest BCUT2D eigenvalue weighted by atomic mass is 19.4. The van der Waals surface area contributed by atoms with E-state index in [1.807, 2.05) is 0 Å². The van der Waals surface area contributed by atoms with E-state index < -0.39 is 196 Å². The maximum atomic E-state index is 14.1. The molecule has 0 radical (unpaired) electrons. The zero-order chi connectivity index (χ0) is 46.0. The second kappa shape index (κ2) is 15.0. The molecule has 4 rings (SSSR count). The standard InChI is InChI=1S/C32H12BF24O3/c34-25(35,36)13-1-14(26(37,38)39)6-21(5-13)33(58-22-7-15(27(40,41)42)2-16(8-22)28(43,44)45,59-23-9-17(29(46,47)48)3-18(10-23)30(49,50)51)60-24-11-19(31(52,53)54)4-20(12-24)32(55,56)57/h1-12H/q-1. The Hall–Kier alpha value is -5.34. The van der Waals surface area contributed by atoms with Gasteiger partial charge in [0.05, 0.1) is 61.8 Å². The quantitative estimate of drug-likeness (QED) is 0.137. The first-order valence-electron chi connectivity index (χ1n) is 15.1. The molecule has 0 bridgehead atoms. The second-order valence-electron chi connectivity index (χ2n) is 12.1. The Morgan fingerprint density at radius 3 is 0.533 bits per heavy atom. The summed E-state index contributed by atoms with van der Waals surface area (Å²) in [6.07, 6.45) is -47.7. The van der Waals surface area contributed by atoms with Gasteiger partial charge in [-0.05, 0) is 60.7 Å². The molecule has 0 aliphatic carbocycles. The van der Waals surface area contributed by atoms with Gasteiger partial charge in [-0.25, -0.2) is 0 Å². The van der Waals surface area contributed by atoms with E-state index in [1.165, 1.54) is 0 Å². The summed E-state index contributed by atoms with van der Waals surface area (Å²) in [5, 5.41) is 0. The van der Waals surface area contributed by atoms with Crippen LogP contribution in [0.3, 0.4) is 0 Å². The first-order chi connectivity index (χ1) is 26.7. The van der Waals surface area contributed by atoms with E-state index in [1.54, 1.807) is 0 Å². The summed E-state index contributed by atoms with van der Waals surface area (Å²) >= 11 is 0. The largest absolute Gasteiger partial charge is 0.645 e. The molecule has 0 atom stereocenters. The Balaban J connectivity index is 2.31. The first kappa shape index (κ1) is 47.3. The van der Waals surface area contributed by atoms with Crippen LogP contribution in [0, 0.1) is 0 Å². The van der Waals surface area contributed by atoms with Gasteiger partial charge in [0.2, 0.25) is 0 Å². The minimum absolute atomic E-state index is 0.586. The van der Waals surface area contributed by atoms with Crippen molar-refractivity contribution in [3.05, 3.63) is 117 Å². The SMILES string of the molecule is FC(F)(F)c1cc(O[B-](Oc2cc(C(F)(F)F)cc(C(F)(F)F)c2)(Oc2cc(C(F)(F)F)cc(C(F)(F)F)c2)c2cc(C(F)(F)F)cc(C(F)(F)F)c2)cc(C(F)(F)F)c1. The number of halogens is 24. The zero-order valence-corrected chi connectivity index (χ0v) is 27.8. The molecule has 0 aliphatic heterocycles. The van der Waals surface area contributed by atoms with Crippen LogP contribution < -0.4 is 19.4 Å². The third-order valence-electron chi connectivity index (χ3n) is 7.58. The molecule has 0 N–H and O–H groups in total. The molecule has 60 heavy (non-hydrogen) atoms. The fourth-order valence-electron chi connectivity index (χ4n) is 4.98. The lowest BCUT2D eigenvalue weighted by molar-refractivity contribution is -0.144. The average molecular weight is 911 g/mol. The summed E-state index contributed by atoms with van der Waals surface area (Å²) in [5.41, 5.74) is -22.3. The molecule has 28 heteroatoms. The fourth-order valence-corrected chi connectivity index (χ4v) is 4.98. The van der Waals surface area contributed by atoms with Gasteiger partial charge in [-0.2, -0.15) is 105 Å². The molecule has 4 aromatic carbocycles. The second-order valence-corrected chi connectivity index (χ2v) is 12.1. The molecule has 0 heterocycles. The Bertz CT molecular complexity index is 1890. The summed E-state index contributed by atoms with van der Waals surface area (Å²) < 4.78 is 348. The van der Waals surface area contributed by atoms with Crippen molar-refractivity contribution in [2.24, 2.45) is 0 Å². The fraction of sp³-hybridized carbons (Fsp3) is 0.250. The van der Waals surface area contributed by atoms with Gasteiger partial charge < -0.3 is 14.0 Å². The zero-order valence-electron chi connectivity index (χ0n) is 27.8. The first-order valence-corrected chi connectivity index (χ1v) is 15.1. The van der Waals surface area contributed by atoms with Crippen LogP contribution in [0.2, 0.25) is 0 Å². The maximum Gasteiger partial charge on any atom is 0.580 e. The van der Waals surface area contributed by atoms with Gasteiger partial charge in [-0.15, -0.1) is 0 Å². The molecule has 0 aliphatic rings. The average Bonchev–Trinajstić information content (AvgIpc) is 3.04. The summed E-state index contributed by atoms with van der Waals surface area (Å²) in [7, 11) is 0. The third kappa shape index (κ3) is 11.3. The van der Waals surface area contributed by atoms with E-state index in [2.05, 4.69) is 0 Å². The van der Waals surface area contributed by atoms with Crippen LogP contribution in [0.1, 0.15) is 44.5 Å². The number of hydrogen-bond acceptors (Lipinski definition) is 3. The van der Waals surface area contributed by atoms with E-state index in [0.717, 1.165) is 0 Å². The van der Waals surface area contributed by atoms with Crippen molar-refractivity contribution in [2.75, 3.05) is 0 Å². The predicted octanol–water partition coefficient (Wildman–Crippen LogP) is 13.2. The third-order valence-corrected chi connectivity index (χ3v) is 7.58. The van der Waals surface area contributed by atoms with Gasteiger partial charge in [-0.3, -0.25) is 0 Å². The monoisotopic (exact) mass is 911 g/mol. The predicted molar refractivity (Wildman–Crippen MR) is 153 cm³/mol. The number of benzene rings is 4. The van der Waals surface area contributed by atoms with Crippen LogP contribution >= 0.6 is 0 Å². The number of rotatable bonds is 7. The Kier molecular flexibility index (Phi) is 11.8. The summed E-state index contributed by atoms with van der Waals surface area (Å²) in [6.45, 7) is -6.03. The lowest BCUT2D eigenvalue weighted by Crippen LogP contribution is -2.65. The van der Waals surface area contributed by atoms with Crippen molar-refractivity contribution in [1.29, 1.82) is 0 Å². The normalized spacial score (nSPS) is 14.0. The van der Waals surface area contributed by atoms with Gasteiger partial charge in [0.15, 0.2) is 0 Å². The number of hydrogen-bond donors (Lipinski definition) is 0. The van der Waals surface area contributed by atoms with Crippen LogP contribution in [0.25, 0.3) is 0 Å². The van der Waals surface area contributed by atoms with Crippen molar-refractivity contribution in [3.63, 3.8) is 0 Å². The van der Waals surface area contributed by atoms with Crippen molar-refractivity contribution < 1.29 is 119 Å². The van der Waals surface area contributed by atoms with Crippen molar-refractivity contribution in [2.45, 2.75) is 49.4 Å². The van der Waals surface area contributed by atoms with Crippen molar-refractivity contribution in [3.8, 4) is 17.2 Å². The molecular weight excluding hydrogens is 899 g/mol. The molecule has 0 aromatic heterocycles. The molecule has 330 valence electrons. The van der Waals surface area contributed by atoms with Crippen molar-refractivity contribution >= 4 is 12.2 Å². The summed E-state index contributed by atoms with van der Waals surface area (Å²) in [6, 6.07) is -7.78. The molecule has 0 unspecified atom stereocenters. The van der Waals surface area contributed by atoms with Crippen molar-refractivity contribution in [1.82, 2.24) is 0 Å². The lowest BCUT2D eigenvalue weighted by Gasteiger charge is -2.44. The van der Waals surface area contributed by atoms with Gasteiger partial charge in [0.25, 0.3) is 0 Å². The molecule has 0 amide bonds. The Morgan fingerprint density at radius 1 is 0.233 bits per heavy atom. The van der Waals surface area contributed by atoms with Gasteiger partial charge >= 0.3 is 56.2 Å². The van der Waals surface area contributed by atoms with E-state index in [9.17, 15) is 105 Å². The minimum Gasteiger partial charge on any atom is -0.645 e. The minimum atomic E-state index is -6.06. The topological polar surface area (TPSA) is 27.7 Å². The smallest absolute Gasteiger partial charge is 0.580 e. The van der Waals surface area contributed by atoms with Crippen LogP contribution in [-0.2, 0) is 49.4 Å². The Morgan fingerprint density at radius 2 is 0.383 bits per heavy atom. The molecule has 3 nitrogen and oxygen atoms in total. The molecule has 0 saturated heterocycles. The number of alkyl halides is 24. The molecular formula is C32H12BF24O3-. The molecule has 0 fully saturated rings. The lowest BCUT2D eigenvalue weighted by atomic mass is 9.67. The summed E-state index contributed by atoms with van der Waals surface area (Å²) in [4.78, 5) is 0. The van der Waals surface area contributed by atoms with Crippen LogP contribution in [-0.4, -0.2) is 6.75 Å². The maximum absolute atomic E-state index is 14.1. The summed E-state index contributed by atoms with van der Waals surface area (Å²) in [5.74, 6) is -6.52. The van der Waals surface area contributed by atoms with Crippen LogP contribution in [0.5, 0.6) is 17.2 Å².